The Morgan fingerprint density at radius 3 is 1.71 bits per heavy atom. The Labute approximate surface area is 82.9 Å². The fourth-order valence-corrected chi connectivity index (χ4v) is 1.43. The van der Waals surface area contributed by atoms with Crippen LogP contribution in [0.2, 0.25) is 0 Å². The Kier molecular flexibility index (Phi) is 2.63. The second-order valence-electron chi connectivity index (χ2n) is 4.16. The zero-order valence-electron chi connectivity index (χ0n) is 8.64. The van der Waals surface area contributed by atoms with E-state index < -0.39 is 11.5 Å². The van der Waals surface area contributed by atoms with Crippen LogP contribution in [0, 0.1) is 0 Å². The first kappa shape index (κ1) is 11.1. The van der Waals surface area contributed by atoms with Crippen LogP contribution in [0.15, 0.2) is 24.3 Å². The Balaban J connectivity index is 3.31. The van der Waals surface area contributed by atoms with E-state index in [1.807, 2.05) is 0 Å². The molecule has 0 amide bonds. The van der Waals surface area contributed by atoms with E-state index in [4.69, 9.17) is 5.73 Å². The summed E-state index contributed by atoms with van der Waals surface area (Å²) in [5, 5.41) is 0. The van der Waals surface area contributed by atoms with Crippen molar-refractivity contribution in [2.45, 2.75) is 32.2 Å². The molecule has 0 atom stereocenters. The summed E-state index contributed by atoms with van der Waals surface area (Å²) in [6, 6.07) is 6.39. The highest BCUT2D eigenvalue weighted by Gasteiger charge is 2.31. The van der Waals surface area contributed by atoms with Crippen LogP contribution in [0.25, 0.3) is 0 Å². The smallest absolute Gasteiger partial charge is 0.270 e. The highest BCUT2D eigenvalue weighted by molar-refractivity contribution is 5.35. The maximum absolute atomic E-state index is 13.2. The molecule has 0 radical (unpaired) electrons. The topological polar surface area (TPSA) is 26.0 Å². The maximum atomic E-state index is 13.2. The third-order valence-electron chi connectivity index (χ3n) is 2.09. The summed E-state index contributed by atoms with van der Waals surface area (Å²) in [6.45, 7) is 4.33. The van der Waals surface area contributed by atoms with Gasteiger partial charge in [0.05, 0.1) is 0 Å². The first-order valence-corrected chi connectivity index (χ1v) is 4.49. The van der Waals surface area contributed by atoms with Gasteiger partial charge in [-0.2, -0.15) is 0 Å². The molecular weight excluding hydrogens is 184 g/mol. The molecular formula is C11H15F2N. The van der Waals surface area contributed by atoms with Crippen molar-refractivity contribution in [2.75, 3.05) is 0 Å². The number of halogens is 2. The molecule has 0 aliphatic heterocycles. The van der Waals surface area contributed by atoms with Crippen molar-refractivity contribution < 1.29 is 8.78 Å². The Morgan fingerprint density at radius 2 is 1.43 bits per heavy atom. The fraction of sp³-hybridized carbons (Fsp3) is 0.455. The van der Waals surface area contributed by atoms with E-state index in [-0.39, 0.29) is 5.56 Å². The zero-order valence-corrected chi connectivity index (χ0v) is 8.64. The molecule has 0 bridgehead atoms. The van der Waals surface area contributed by atoms with Crippen molar-refractivity contribution in [1.82, 2.24) is 0 Å². The van der Waals surface area contributed by atoms with Crippen LogP contribution in [-0.2, 0) is 11.5 Å². The van der Waals surface area contributed by atoms with E-state index in [1.165, 1.54) is 6.07 Å². The minimum Gasteiger partial charge on any atom is -0.322 e. The van der Waals surface area contributed by atoms with E-state index in [1.54, 1.807) is 32.0 Å². The summed E-state index contributed by atoms with van der Waals surface area (Å²) in [5.41, 5.74) is 5.58. The lowest BCUT2D eigenvalue weighted by molar-refractivity contribution is 0.0156. The van der Waals surface area contributed by atoms with E-state index in [9.17, 15) is 8.78 Å². The Morgan fingerprint density at radius 1 is 1.00 bits per heavy atom. The van der Waals surface area contributed by atoms with Gasteiger partial charge in [0, 0.05) is 18.0 Å². The predicted molar refractivity (Wildman–Crippen MR) is 53.2 cm³/mol. The molecule has 3 heteroatoms. The largest absolute Gasteiger partial charge is 0.322 e. The monoisotopic (exact) mass is 199 g/mol. The number of hydrogen-bond donors (Lipinski definition) is 1. The first-order valence-electron chi connectivity index (χ1n) is 4.49. The molecule has 0 aliphatic rings. The van der Waals surface area contributed by atoms with Crippen LogP contribution in [0.1, 0.15) is 31.9 Å². The number of benzene rings is 1. The second-order valence-corrected chi connectivity index (χ2v) is 4.16. The van der Waals surface area contributed by atoms with Crippen molar-refractivity contribution >= 4 is 0 Å². The lowest BCUT2D eigenvalue weighted by Gasteiger charge is -2.25. The molecule has 1 aromatic carbocycles. The third-order valence-corrected chi connectivity index (χ3v) is 2.09. The minimum absolute atomic E-state index is 0.00694. The molecule has 2 N–H and O–H groups in total. The lowest BCUT2D eigenvalue weighted by Crippen LogP contribution is -2.31. The predicted octanol–water partition coefficient (Wildman–Crippen LogP) is 2.99. The molecule has 0 unspecified atom stereocenters. The van der Waals surface area contributed by atoms with Gasteiger partial charge in [0.2, 0.25) is 0 Å². The molecule has 0 saturated carbocycles. The summed E-state index contributed by atoms with van der Waals surface area (Å²) in [6.07, 6.45) is 0. The van der Waals surface area contributed by atoms with Crippen molar-refractivity contribution in [3.8, 4) is 0 Å². The van der Waals surface area contributed by atoms with E-state index in [2.05, 4.69) is 0 Å². The SMILES string of the molecule is CC(C)(N)c1ccccc1C(C)(F)F. The van der Waals surface area contributed by atoms with Crippen molar-refractivity contribution in [1.29, 1.82) is 0 Å². The van der Waals surface area contributed by atoms with E-state index in [0.29, 0.717) is 5.56 Å². The molecule has 1 nitrogen and oxygen atoms in total. The highest BCUT2D eigenvalue weighted by atomic mass is 19.3. The number of hydrogen-bond acceptors (Lipinski definition) is 1. The fourth-order valence-electron chi connectivity index (χ4n) is 1.43. The molecule has 0 saturated heterocycles. The molecule has 1 rings (SSSR count). The summed E-state index contributed by atoms with van der Waals surface area (Å²) >= 11 is 0. The normalized spacial score (nSPS) is 13.0. The molecule has 1 aromatic rings. The molecule has 14 heavy (non-hydrogen) atoms. The maximum Gasteiger partial charge on any atom is 0.270 e. The molecule has 0 aliphatic carbocycles. The summed E-state index contributed by atoms with van der Waals surface area (Å²) in [5.74, 6) is -2.84. The highest BCUT2D eigenvalue weighted by Crippen LogP contribution is 2.33. The molecule has 0 spiro atoms. The summed E-state index contributed by atoms with van der Waals surface area (Å²) < 4.78 is 26.4. The molecule has 78 valence electrons. The van der Waals surface area contributed by atoms with Crippen LogP contribution in [0.3, 0.4) is 0 Å². The Bertz CT molecular complexity index is 288. The van der Waals surface area contributed by atoms with Gasteiger partial charge in [-0.25, -0.2) is 8.78 Å². The lowest BCUT2D eigenvalue weighted by atomic mass is 9.89. The van der Waals surface area contributed by atoms with Crippen LogP contribution in [0.5, 0.6) is 0 Å². The van der Waals surface area contributed by atoms with Gasteiger partial charge in [-0.3, -0.25) is 0 Å². The van der Waals surface area contributed by atoms with Gasteiger partial charge in [-0.05, 0) is 19.4 Å². The van der Waals surface area contributed by atoms with Crippen molar-refractivity contribution in [3.05, 3.63) is 35.4 Å². The number of alkyl halides is 2. The summed E-state index contributed by atoms with van der Waals surface area (Å²) in [4.78, 5) is 0. The van der Waals surface area contributed by atoms with Gasteiger partial charge in [0.25, 0.3) is 5.92 Å². The average Bonchev–Trinajstić information content (AvgIpc) is 2.01. The van der Waals surface area contributed by atoms with E-state index >= 15 is 0 Å². The standard InChI is InChI=1S/C11H15F2N/c1-10(2,14)8-6-4-5-7-9(8)11(3,12)13/h4-7H,14H2,1-3H3. The van der Waals surface area contributed by atoms with Gasteiger partial charge in [0.1, 0.15) is 0 Å². The van der Waals surface area contributed by atoms with Crippen molar-refractivity contribution in [3.63, 3.8) is 0 Å². The van der Waals surface area contributed by atoms with Gasteiger partial charge >= 0.3 is 0 Å². The quantitative estimate of drug-likeness (QED) is 0.778. The summed E-state index contributed by atoms with van der Waals surface area (Å²) in [7, 11) is 0. The average molecular weight is 199 g/mol. The number of nitrogens with two attached hydrogens (primary N) is 1. The van der Waals surface area contributed by atoms with Crippen LogP contribution in [0.4, 0.5) is 8.78 Å². The number of rotatable bonds is 2. The molecule has 0 fully saturated rings. The third kappa shape index (κ3) is 2.29. The van der Waals surface area contributed by atoms with Crippen LogP contribution < -0.4 is 5.73 Å². The van der Waals surface area contributed by atoms with Crippen LogP contribution >= 0.6 is 0 Å². The first-order chi connectivity index (χ1) is 6.23. The van der Waals surface area contributed by atoms with Gasteiger partial charge < -0.3 is 5.73 Å². The van der Waals surface area contributed by atoms with Gasteiger partial charge in [-0.15, -0.1) is 0 Å². The Hall–Kier alpha value is -0.960. The molecule has 0 heterocycles. The van der Waals surface area contributed by atoms with Crippen LogP contribution in [-0.4, -0.2) is 0 Å². The van der Waals surface area contributed by atoms with Gasteiger partial charge in [0.15, 0.2) is 0 Å². The minimum atomic E-state index is -2.84. The van der Waals surface area contributed by atoms with Crippen molar-refractivity contribution in [2.24, 2.45) is 5.73 Å². The van der Waals surface area contributed by atoms with E-state index in [0.717, 1.165) is 6.92 Å². The molecule has 0 aromatic heterocycles. The van der Waals surface area contributed by atoms with Gasteiger partial charge in [-0.1, -0.05) is 24.3 Å². The second kappa shape index (κ2) is 3.31. The zero-order chi connectivity index (χ0) is 11.0.